The molecule has 1 heterocycles. The second-order valence-electron chi connectivity index (χ2n) is 16.2. The number of Topliss-reactive ketones (excluding diaryl/α,β-unsaturated/α-hetero) is 1. The number of aliphatic hydroxyl groups excluding tert-OH is 1. The Hall–Kier alpha value is -2.25. The summed E-state index contributed by atoms with van der Waals surface area (Å²) < 4.78 is 25.5. The molecule has 0 spiro atoms. The lowest BCUT2D eigenvalue weighted by Gasteiger charge is -2.42. The van der Waals surface area contributed by atoms with Gasteiger partial charge in [-0.2, -0.15) is 0 Å². The van der Waals surface area contributed by atoms with E-state index in [1.807, 2.05) is 27.7 Å². The summed E-state index contributed by atoms with van der Waals surface area (Å²) in [5.74, 6) is -2.42. The van der Waals surface area contributed by atoms with Gasteiger partial charge in [0.25, 0.3) is 5.91 Å². The fourth-order valence-electron chi connectivity index (χ4n) is 7.34. The smallest absolute Gasteiger partial charge is 0.315 e. The van der Waals surface area contributed by atoms with Gasteiger partial charge >= 0.3 is 6.03 Å². The second kappa shape index (κ2) is 13.1. The average molecular weight is 656 g/mol. The molecule has 2 saturated carbocycles. The number of ketones is 1. The van der Waals surface area contributed by atoms with Gasteiger partial charge in [-0.15, -0.1) is 0 Å². The fourth-order valence-corrected chi connectivity index (χ4v) is 8.86. The number of piperidine rings is 1. The standard InChI is InChI=1S/C32H57N5O7S/c1-10-14-20(23(38)25(33)39)34-26(40)22-21-19(31(21,8)9)17-37(22)27(41)24(29(2,3)4)35-28(42)36-32(15-12-11-13-16-32)18-45(43,44)30(5,6)7/h19-22,24,26,34,40H,10-18H2,1-9H3,(H2,33,39)(H2,35,36,42)/t19-,20?,21?,22+,24-,26?/m1/s1. The van der Waals surface area contributed by atoms with Gasteiger partial charge in [0.05, 0.1) is 28.1 Å². The van der Waals surface area contributed by atoms with Gasteiger partial charge in [-0.25, -0.2) is 13.2 Å². The van der Waals surface area contributed by atoms with Crippen molar-refractivity contribution in [1.29, 1.82) is 0 Å². The first-order chi connectivity index (χ1) is 20.5. The van der Waals surface area contributed by atoms with Gasteiger partial charge in [-0.1, -0.05) is 67.2 Å². The zero-order valence-corrected chi connectivity index (χ0v) is 29.5. The first-order valence-corrected chi connectivity index (χ1v) is 18.0. The summed E-state index contributed by atoms with van der Waals surface area (Å²) in [4.78, 5) is 53.7. The molecule has 0 bridgehead atoms. The summed E-state index contributed by atoms with van der Waals surface area (Å²) in [6.45, 7) is 16.8. The number of rotatable bonds is 12. The van der Waals surface area contributed by atoms with Crippen molar-refractivity contribution in [3.05, 3.63) is 0 Å². The molecule has 0 aromatic rings. The minimum atomic E-state index is -3.55. The quantitative estimate of drug-likeness (QED) is 0.156. The normalized spacial score (nSPS) is 26.3. The molecule has 1 saturated heterocycles. The highest BCUT2D eigenvalue weighted by Crippen LogP contribution is 2.65. The van der Waals surface area contributed by atoms with E-state index in [0.29, 0.717) is 25.8 Å². The molecule has 45 heavy (non-hydrogen) atoms. The summed E-state index contributed by atoms with van der Waals surface area (Å²) in [6, 6.07) is -3.29. The number of carbonyl (C=O) groups excluding carboxylic acids is 4. The molecule has 3 aliphatic rings. The van der Waals surface area contributed by atoms with Crippen molar-refractivity contribution >= 4 is 33.5 Å². The number of aliphatic hydroxyl groups is 1. The topological polar surface area (TPSA) is 188 Å². The Morgan fingerprint density at radius 1 is 1.02 bits per heavy atom. The summed E-state index contributed by atoms with van der Waals surface area (Å²) in [7, 11) is -3.55. The predicted octanol–water partition coefficient (Wildman–Crippen LogP) is 2.23. The summed E-state index contributed by atoms with van der Waals surface area (Å²) >= 11 is 0. The van der Waals surface area contributed by atoms with Crippen molar-refractivity contribution in [3.8, 4) is 0 Å². The summed E-state index contributed by atoms with van der Waals surface area (Å²) in [5, 5.41) is 20.2. The maximum atomic E-state index is 14.3. The third-order valence-corrected chi connectivity index (χ3v) is 13.2. The number of likely N-dealkylation sites (tertiary alicyclic amines) is 1. The van der Waals surface area contributed by atoms with Crippen LogP contribution in [0.3, 0.4) is 0 Å². The Morgan fingerprint density at radius 3 is 2.09 bits per heavy atom. The highest BCUT2D eigenvalue weighted by Gasteiger charge is 2.69. The minimum Gasteiger partial charge on any atom is -0.376 e. The van der Waals surface area contributed by atoms with Crippen LogP contribution in [0.2, 0.25) is 0 Å². The van der Waals surface area contributed by atoms with Crippen LogP contribution in [0.25, 0.3) is 0 Å². The van der Waals surface area contributed by atoms with Crippen molar-refractivity contribution in [2.45, 2.75) is 142 Å². The summed E-state index contributed by atoms with van der Waals surface area (Å²) in [6.07, 6.45) is 3.13. The first-order valence-electron chi connectivity index (χ1n) is 16.4. The molecule has 6 N–H and O–H groups in total. The molecular formula is C32H57N5O7S. The lowest BCUT2D eigenvalue weighted by molar-refractivity contribution is -0.142. The fraction of sp³-hybridized carbons (Fsp3) is 0.875. The molecule has 0 radical (unpaired) electrons. The molecular weight excluding hydrogens is 598 g/mol. The second-order valence-corrected chi connectivity index (χ2v) is 19.0. The number of nitrogens with two attached hydrogens (primary N) is 1. The lowest BCUT2D eigenvalue weighted by atomic mass is 9.83. The Bertz CT molecular complexity index is 1250. The van der Waals surface area contributed by atoms with Crippen LogP contribution in [0.15, 0.2) is 0 Å². The zero-order chi connectivity index (χ0) is 34.3. The number of primary amides is 1. The van der Waals surface area contributed by atoms with E-state index in [1.54, 1.807) is 25.7 Å². The highest BCUT2D eigenvalue weighted by atomic mass is 32.2. The molecule has 3 unspecified atom stereocenters. The Kier molecular flexibility index (Phi) is 10.8. The SMILES string of the molecule is CCCC(NC(O)[C@@H]1C2[C@@H](CN1C(=O)[C@@H](NC(=O)NC1(CS(=O)(=O)C(C)(C)C)CCCCC1)C(C)(C)C)C2(C)C)C(=O)C(N)=O. The number of hydrogen-bond donors (Lipinski definition) is 5. The van der Waals surface area contributed by atoms with Crippen LogP contribution < -0.4 is 21.7 Å². The maximum absolute atomic E-state index is 14.3. The van der Waals surface area contributed by atoms with Crippen LogP contribution in [0.1, 0.15) is 107 Å². The molecule has 3 rings (SSSR count). The number of nitrogens with zero attached hydrogens (tertiary/aromatic N) is 1. The predicted molar refractivity (Wildman–Crippen MR) is 173 cm³/mol. The number of nitrogens with one attached hydrogen (secondary N) is 3. The van der Waals surface area contributed by atoms with Gasteiger partial charge in [0.15, 0.2) is 9.84 Å². The van der Waals surface area contributed by atoms with Gasteiger partial charge in [-0.3, -0.25) is 19.7 Å². The van der Waals surface area contributed by atoms with Gasteiger partial charge in [0.2, 0.25) is 11.7 Å². The van der Waals surface area contributed by atoms with Crippen LogP contribution in [-0.2, 0) is 24.2 Å². The Morgan fingerprint density at radius 2 is 1.60 bits per heavy atom. The first kappa shape index (κ1) is 37.2. The van der Waals surface area contributed by atoms with Gasteiger partial charge in [-0.05, 0) is 62.7 Å². The molecule has 2 aliphatic carbocycles. The van der Waals surface area contributed by atoms with E-state index in [1.165, 1.54) is 0 Å². The molecule has 258 valence electrons. The highest BCUT2D eigenvalue weighted by molar-refractivity contribution is 7.92. The zero-order valence-electron chi connectivity index (χ0n) is 28.7. The minimum absolute atomic E-state index is 0.0579. The summed E-state index contributed by atoms with van der Waals surface area (Å²) in [5.41, 5.74) is 3.44. The largest absolute Gasteiger partial charge is 0.376 e. The molecule has 3 fully saturated rings. The van der Waals surface area contributed by atoms with E-state index >= 15 is 0 Å². The number of sulfone groups is 1. The maximum Gasteiger partial charge on any atom is 0.315 e. The van der Waals surface area contributed by atoms with Crippen LogP contribution in [0.4, 0.5) is 4.79 Å². The molecule has 0 aromatic carbocycles. The van der Waals surface area contributed by atoms with Crippen LogP contribution in [0.5, 0.6) is 0 Å². The molecule has 1 aliphatic heterocycles. The van der Waals surface area contributed by atoms with E-state index in [2.05, 4.69) is 29.8 Å². The molecule has 12 nitrogen and oxygen atoms in total. The monoisotopic (exact) mass is 655 g/mol. The third kappa shape index (κ3) is 8.01. The number of urea groups is 1. The third-order valence-electron chi connectivity index (χ3n) is 10.4. The van der Waals surface area contributed by atoms with Gasteiger partial charge in [0.1, 0.15) is 12.3 Å². The van der Waals surface area contributed by atoms with E-state index < -0.39 is 67.6 Å². The van der Waals surface area contributed by atoms with E-state index in [9.17, 15) is 32.7 Å². The molecule has 6 atom stereocenters. The lowest BCUT2D eigenvalue weighted by Crippen LogP contribution is -2.64. The van der Waals surface area contributed by atoms with E-state index in [4.69, 9.17) is 5.73 Å². The Labute approximate surface area is 269 Å². The molecule has 0 aromatic heterocycles. The van der Waals surface area contributed by atoms with Crippen LogP contribution in [0, 0.1) is 22.7 Å². The number of hydrogen-bond acceptors (Lipinski definition) is 8. The van der Waals surface area contributed by atoms with E-state index in [0.717, 1.165) is 19.3 Å². The number of fused-ring (bicyclic) bond motifs is 1. The van der Waals surface area contributed by atoms with Crippen molar-refractivity contribution in [1.82, 2.24) is 20.9 Å². The number of carbonyl (C=O) groups is 4. The average Bonchev–Trinajstić information content (AvgIpc) is 3.21. The van der Waals surface area contributed by atoms with Gasteiger partial charge < -0.3 is 26.4 Å². The van der Waals surface area contributed by atoms with Crippen molar-refractivity contribution in [2.75, 3.05) is 12.3 Å². The number of amides is 4. The van der Waals surface area contributed by atoms with Crippen molar-refractivity contribution in [3.63, 3.8) is 0 Å². The molecule has 4 amide bonds. The van der Waals surface area contributed by atoms with Crippen molar-refractivity contribution in [2.24, 2.45) is 28.4 Å². The van der Waals surface area contributed by atoms with E-state index in [-0.39, 0.29) is 35.3 Å². The van der Waals surface area contributed by atoms with Crippen LogP contribution >= 0.6 is 0 Å². The Balaban J connectivity index is 1.86. The van der Waals surface area contributed by atoms with Crippen molar-refractivity contribution < 1.29 is 32.7 Å². The van der Waals surface area contributed by atoms with Gasteiger partial charge in [0, 0.05) is 6.54 Å². The van der Waals surface area contributed by atoms with Crippen LogP contribution in [-0.4, -0.2) is 89.0 Å². The molecule has 13 heteroatoms.